The van der Waals surface area contributed by atoms with Gasteiger partial charge < -0.3 is 10.1 Å². The quantitative estimate of drug-likeness (QED) is 0.340. The van der Waals surface area contributed by atoms with Gasteiger partial charge in [-0.15, -0.1) is 0 Å². The number of anilines is 2. The van der Waals surface area contributed by atoms with Crippen LogP contribution in [0.3, 0.4) is 0 Å². The molecule has 2 aliphatic rings. The number of Topliss-reactive ketones (excluding diaryl/α,β-unsaturated/α-hetero) is 1. The van der Waals surface area contributed by atoms with E-state index in [4.69, 9.17) is 4.74 Å². The van der Waals surface area contributed by atoms with Gasteiger partial charge in [0.2, 0.25) is 0 Å². The van der Waals surface area contributed by atoms with E-state index < -0.39 is 10.0 Å². The number of benzene rings is 3. The van der Waals surface area contributed by atoms with Crippen molar-refractivity contribution in [1.82, 2.24) is 0 Å². The molecule has 3 aromatic rings. The molecule has 194 valence electrons. The van der Waals surface area contributed by atoms with E-state index in [2.05, 4.69) is 23.9 Å². The molecule has 0 saturated carbocycles. The van der Waals surface area contributed by atoms with Crippen LogP contribution >= 0.6 is 0 Å². The third kappa shape index (κ3) is 5.03. The van der Waals surface area contributed by atoms with Crippen LogP contribution in [0.5, 0.6) is 0 Å². The molecule has 1 fully saturated rings. The van der Waals surface area contributed by atoms with Crippen molar-refractivity contribution in [2.45, 2.75) is 57.1 Å². The first-order chi connectivity index (χ1) is 17.6. The summed E-state index contributed by atoms with van der Waals surface area (Å²) < 4.78 is 35.4. The number of hydrogen-bond donors (Lipinski definition) is 2. The zero-order chi connectivity index (χ0) is 26.3. The fourth-order valence-corrected chi connectivity index (χ4v) is 6.40. The fraction of sp³-hybridized carbons (Fsp3) is 0.367. The summed E-state index contributed by atoms with van der Waals surface area (Å²) in [6, 6.07) is 20.6. The maximum Gasteiger partial charge on any atom is 0.261 e. The summed E-state index contributed by atoms with van der Waals surface area (Å²) in [7, 11) is -3.77. The van der Waals surface area contributed by atoms with Crippen LogP contribution in [0.25, 0.3) is 0 Å². The Bertz CT molecular complexity index is 1410. The number of rotatable bonds is 7. The molecule has 5 rings (SSSR count). The average Bonchev–Trinajstić information content (AvgIpc) is 3.38. The van der Waals surface area contributed by atoms with E-state index in [1.165, 1.54) is 0 Å². The van der Waals surface area contributed by atoms with E-state index in [9.17, 15) is 13.2 Å². The van der Waals surface area contributed by atoms with E-state index >= 15 is 0 Å². The normalized spacial score (nSPS) is 20.9. The van der Waals surface area contributed by atoms with Crippen LogP contribution in [-0.4, -0.2) is 20.8 Å². The standard InChI is InChI=1S/C30H34N2O4S/c1-18(2)22-6-5-7-23(16-22)32-37(34,35)24-12-13-27-26(17-24)30-25(14-15-36-30)28(31-27)20-8-10-21(11-9-20)29(33)19(3)4/h5-13,16-19,25,28,30-32H,14-15H2,1-4H3. The molecule has 37 heavy (non-hydrogen) atoms. The molecule has 0 bridgehead atoms. The van der Waals surface area contributed by atoms with E-state index in [1.807, 2.05) is 62.4 Å². The molecule has 3 atom stereocenters. The predicted octanol–water partition coefficient (Wildman–Crippen LogP) is 6.69. The first-order valence-electron chi connectivity index (χ1n) is 12.9. The number of carbonyl (C=O) groups is 1. The zero-order valence-corrected chi connectivity index (χ0v) is 22.5. The molecular formula is C30H34N2O4S. The Hall–Kier alpha value is -3.16. The molecule has 3 aromatic carbocycles. The van der Waals surface area contributed by atoms with Crippen LogP contribution in [0.1, 0.15) is 79.2 Å². The molecule has 3 unspecified atom stereocenters. The second-order valence-electron chi connectivity index (χ2n) is 10.6. The lowest BCUT2D eigenvalue weighted by atomic mass is 9.81. The lowest BCUT2D eigenvalue weighted by molar-refractivity contribution is 0.0827. The lowest BCUT2D eigenvalue weighted by Crippen LogP contribution is -2.29. The Kier molecular flexibility index (Phi) is 6.86. The largest absolute Gasteiger partial charge is 0.378 e. The number of sulfonamides is 1. The third-order valence-corrected chi connectivity index (χ3v) is 8.78. The summed E-state index contributed by atoms with van der Waals surface area (Å²) in [6.45, 7) is 8.59. The van der Waals surface area contributed by atoms with Crippen molar-refractivity contribution < 1.29 is 17.9 Å². The first-order valence-corrected chi connectivity index (χ1v) is 14.4. The average molecular weight is 519 g/mol. The molecule has 2 heterocycles. The number of hydrogen-bond acceptors (Lipinski definition) is 5. The molecule has 2 N–H and O–H groups in total. The van der Waals surface area contributed by atoms with Gasteiger partial charge in [0, 0.05) is 40.9 Å². The van der Waals surface area contributed by atoms with Gasteiger partial charge in [-0.3, -0.25) is 9.52 Å². The predicted molar refractivity (Wildman–Crippen MR) is 147 cm³/mol. The van der Waals surface area contributed by atoms with Crippen LogP contribution in [0.15, 0.2) is 71.6 Å². The maximum atomic E-state index is 13.3. The molecule has 0 amide bonds. The Morgan fingerprint density at radius 1 is 1.00 bits per heavy atom. The topological polar surface area (TPSA) is 84.5 Å². The highest BCUT2D eigenvalue weighted by Crippen LogP contribution is 2.50. The van der Waals surface area contributed by atoms with Crippen molar-refractivity contribution in [3.8, 4) is 0 Å². The summed E-state index contributed by atoms with van der Waals surface area (Å²) in [5.41, 5.74) is 5.17. The summed E-state index contributed by atoms with van der Waals surface area (Å²) in [5, 5.41) is 3.62. The lowest BCUT2D eigenvalue weighted by Gasteiger charge is -2.36. The molecule has 0 aliphatic carbocycles. The first kappa shape index (κ1) is 25.5. The monoisotopic (exact) mass is 518 g/mol. The molecule has 0 aromatic heterocycles. The van der Waals surface area contributed by atoms with Crippen LogP contribution in [0, 0.1) is 11.8 Å². The van der Waals surface area contributed by atoms with E-state index in [-0.39, 0.29) is 34.7 Å². The molecule has 0 radical (unpaired) electrons. The number of carbonyl (C=O) groups excluding carboxylic acids is 1. The van der Waals surface area contributed by atoms with Crippen LogP contribution in [-0.2, 0) is 14.8 Å². The van der Waals surface area contributed by atoms with Gasteiger partial charge in [0.15, 0.2) is 5.78 Å². The van der Waals surface area contributed by atoms with Gasteiger partial charge >= 0.3 is 0 Å². The molecule has 7 heteroatoms. The SMILES string of the molecule is CC(C)C(=O)c1ccc(C2Nc3ccc(S(=O)(=O)Nc4cccc(C(C)C)c4)cc3C3OCCC23)cc1. The molecule has 2 aliphatic heterocycles. The van der Waals surface area contributed by atoms with Crippen LogP contribution in [0.2, 0.25) is 0 Å². The highest BCUT2D eigenvalue weighted by molar-refractivity contribution is 7.92. The van der Waals surface area contributed by atoms with Gasteiger partial charge in [-0.05, 0) is 53.8 Å². The van der Waals surface area contributed by atoms with Gasteiger partial charge in [0.05, 0.1) is 17.0 Å². The van der Waals surface area contributed by atoms with Crippen molar-refractivity contribution >= 4 is 27.2 Å². The van der Waals surface area contributed by atoms with Crippen molar-refractivity contribution in [1.29, 1.82) is 0 Å². The smallest absolute Gasteiger partial charge is 0.261 e. The van der Waals surface area contributed by atoms with Crippen LogP contribution in [0.4, 0.5) is 11.4 Å². The van der Waals surface area contributed by atoms with E-state index in [1.54, 1.807) is 18.2 Å². The van der Waals surface area contributed by atoms with Crippen molar-refractivity contribution in [3.63, 3.8) is 0 Å². The minimum atomic E-state index is -3.77. The highest BCUT2D eigenvalue weighted by Gasteiger charge is 2.42. The van der Waals surface area contributed by atoms with Crippen LogP contribution < -0.4 is 10.0 Å². The molecule has 0 spiro atoms. The molecular weight excluding hydrogens is 484 g/mol. The molecule has 6 nitrogen and oxygen atoms in total. The maximum absolute atomic E-state index is 13.3. The summed E-state index contributed by atoms with van der Waals surface area (Å²) in [4.78, 5) is 12.6. The Morgan fingerprint density at radius 2 is 1.76 bits per heavy atom. The van der Waals surface area contributed by atoms with Gasteiger partial charge in [-0.1, -0.05) is 64.1 Å². The number of nitrogens with one attached hydrogen (secondary N) is 2. The number of ether oxygens (including phenoxy) is 1. The summed E-state index contributed by atoms with van der Waals surface area (Å²) in [6.07, 6.45) is 0.670. The molecule has 1 saturated heterocycles. The number of ketones is 1. The van der Waals surface area contributed by atoms with Crippen molar-refractivity contribution in [3.05, 3.63) is 89.0 Å². The summed E-state index contributed by atoms with van der Waals surface area (Å²) in [5.74, 6) is 0.550. The second-order valence-corrected chi connectivity index (χ2v) is 12.3. The zero-order valence-electron chi connectivity index (χ0n) is 21.7. The van der Waals surface area contributed by atoms with E-state index in [0.29, 0.717) is 18.2 Å². The minimum absolute atomic E-state index is 0.0163. The van der Waals surface area contributed by atoms with Gasteiger partial charge in [-0.25, -0.2) is 8.42 Å². The van der Waals surface area contributed by atoms with Crippen molar-refractivity contribution in [2.24, 2.45) is 11.8 Å². The van der Waals surface area contributed by atoms with Crippen molar-refractivity contribution in [2.75, 3.05) is 16.6 Å². The Morgan fingerprint density at radius 3 is 2.46 bits per heavy atom. The van der Waals surface area contributed by atoms with E-state index in [0.717, 1.165) is 34.4 Å². The van der Waals surface area contributed by atoms with Gasteiger partial charge in [0.25, 0.3) is 10.0 Å². The number of fused-ring (bicyclic) bond motifs is 3. The fourth-order valence-electron chi connectivity index (χ4n) is 5.31. The van der Waals surface area contributed by atoms with Gasteiger partial charge in [-0.2, -0.15) is 0 Å². The minimum Gasteiger partial charge on any atom is -0.378 e. The Balaban J connectivity index is 1.42. The third-order valence-electron chi connectivity index (χ3n) is 7.40. The Labute approximate surface area is 219 Å². The highest BCUT2D eigenvalue weighted by atomic mass is 32.2. The second kappa shape index (κ2) is 9.95. The summed E-state index contributed by atoms with van der Waals surface area (Å²) >= 11 is 0. The van der Waals surface area contributed by atoms with Gasteiger partial charge in [0.1, 0.15) is 0 Å².